The Bertz CT molecular complexity index is 521. The number of nitrogens with one attached hydrogen (secondary N) is 2. The Hall–Kier alpha value is -1.60. The predicted molar refractivity (Wildman–Crippen MR) is 95.2 cm³/mol. The van der Waals surface area contributed by atoms with Crippen molar-refractivity contribution < 1.29 is 9.53 Å². The number of anilines is 1. The maximum Gasteiger partial charge on any atom is 0.320 e. The number of urea groups is 1. The first kappa shape index (κ1) is 18.7. The predicted octanol–water partition coefficient (Wildman–Crippen LogP) is 1.99. The van der Waals surface area contributed by atoms with E-state index in [2.05, 4.69) is 34.5 Å². The van der Waals surface area contributed by atoms with Gasteiger partial charge in [-0.1, -0.05) is 26.7 Å². The molecule has 0 aliphatic carbocycles. The van der Waals surface area contributed by atoms with Crippen LogP contribution in [0, 0.1) is 12.8 Å². The monoisotopic (exact) mass is 337 g/mol. The number of ether oxygens (including phenoxy) is 1. The van der Waals surface area contributed by atoms with Crippen molar-refractivity contribution in [1.29, 1.82) is 0 Å². The average Bonchev–Trinajstić information content (AvgIpc) is 2.89. The Kier molecular flexibility index (Phi) is 7.05. The first-order chi connectivity index (χ1) is 11.5. The van der Waals surface area contributed by atoms with E-state index in [1.165, 1.54) is 0 Å². The summed E-state index contributed by atoms with van der Waals surface area (Å²) in [6.45, 7) is 10.4. The molecule has 0 unspecified atom stereocenters. The van der Waals surface area contributed by atoms with E-state index < -0.39 is 0 Å². The van der Waals surface area contributed by atoms with Gasteiger partial charge >= 0.3 is 6.03 Å². The van der Waals surface area contributed by atoms with Crippen LogP contribution in [0.5, 0.6) is 0 Å². The standard InChI is InChI=1S/C17H31N5O2/c1-5-14(6-2)15(22-7-9-24-10-8-22)12-18-17(23)19-16-11-13(3)20-21(16)4/h11,14-15H,5-10,12H2,1-4H3,(H2,18,19,23)/t15-/m0/s1. The highest BCUT2D eigenvalue weighted by Crippen LogP contribution is 2.19. The second-order valence-corrected chi connectivity index (χ2v) is 6.42. The molecule has 2 rings (SSSR count). The number of aromatic nitrogens is 2. The molecule has 7 heteroatoms. The summed E-state index contributed by atoms with van der Waals surface area (Å²) in [6, 6.07) is 2.03. The third kappa shape index (κ3) is 4.95. The van der Waals surface area contributed by atoms with Gasteiger partial charge in [-0.25, -0.2) is 4.79 Å². The van der Waals surface area contributed by atoms with Crippen molar-refractivity contribution in [1.82, 2.24) is 20.0 Å². The van der Waals surface area contributed by atoms with E-state index in [4.69, 9.17) is 4.74 Å². The van der Waals surface area contributed by atoms with Crippen molar-refractivity contribution >= 4 is 11.8 Å². The molecular weight excluding hydrogens is 306 g/mol. The average molecular weight is 337 g/mol. The van der Waals surface area contributed by atoms with Gasteiger partial charge in [0.2, 0.25) is 0 Å². The Morgan fingerprint density at radius 2 is 2.00 bits per heavy atom. The minimum Gasteiger partial charge on any atom is -0.379 e. The van der Waals surface area contributed by atoms with Gasteiger partial charge in [0, 0.05) is 38.8 Å². The lowest BCUT2D eigenvalue weighted by Crippen LogP contribution is -2.52. The third-order valence-electron chi connectivity index (χ3n) is 4.82. The van der Waals surface area contributed by atoms with Gasteiger partial charge in [-0.2, -0.15) is 5.10 Å². The number of carbonyl (C=O) groups is 1. The maximum absolute atomic E-state index is 12.3. The SMILES string of the molecule is CCC(CC)[C@H](CNC(=O)Nc1cc(C)nn1C)N1CCOCC1. The molecule has 1 aromatic heterocycles. The molecule has 2 amide bonds. The molecule has 7 nitrogen and oxygen atoms in total. The van der Waals surface area contributed by atoms with E-state index in [0.29, 0.717) is 24.3 Å². The molecule has 1 aromatic rings. The maximum atomic E-state index is 12.3. The number of morpholine rings is 1. The number of rotatable bonds is 7. The Balaban J connectivity index is 1.93. The van der Waals surface area contributed by atoms with Gasteiger partial charge < -0.3 is 10.1 Å². The van der Waals surface area contributed by atoms with Crippen molar-refractivity contribution in [3.8, 4) is 0 Å². The molecule has 1 aliphatic rings. The third-order valence-corrected chi connectivity index (χ3v) is 4.82. The van der Waals surface area contributed by atoms with Gasteiger partial charge in [0.1, 0.15) is 5.82 Å². The number of aryl methyl sites for hydroxylation is 2. The van der Waals surface area contributed by atoms with Crippen LogP contribution in [0.4, 0.5) is 10.6 Å². The second-order valence-electron chi connectivity index (χ2n) is 6.42. The molecule has 0 saturated carbocycles. The lowest BCUT2D eigenvalue weighted by Gasteiger charge is -2.38. The first-order valence-electron chi connectivity index (χ1n) is 8.92. The molecule has 2 N–H and O–H groups in total. The van der Waals surface area contributed by atoms with E-state index in [1.807, 2.05) is 20.0 Å². The quantitative estimate of drug-likeness (QED) is 0.798. The van der Waals surface area contributed by atoms with E-state index >= 15 is 0 Å². The summed E-state index contributed by atoms with van der Waals surface area (Å²) in [4.78, 5) is 14.7. The molecular formula is C17H31N5O2. The summed E-state index contributed by atoms with van der Waals surface area (Å²) in [5, 5.41) is 10.2. The van der Waals surface area contributed by atoms with Crippen LogP contribution in [0.3, 0.4) is 0 Å². The van der Waals surface area contributed by atoms with Gasteiger partial charge in [0.25, 0.3) is 0 Å². The van der Waals surface area contributed by atoms with E-state index in [0.717, 1.165) is 44.8 Å². The summed E-state index contributed by atoms with van der Waals surface area (Å²) in [5.74, 6) is 1.28. The molecule has 1 fully saturated rings. The highest BCUT2D eigenvalue weighted by atomic mass is 16.5. The normalized spacial score (nSPS) is 17.0. The molecule has 0 aromatic carbocycles. The summed E-state index contributed by atoms with van der Waals surface area (Å²) in [6.07, 6.45) is 2.23. The first-order valence-corrected chi connectivity index (χ1v) is 8.92. The fourth-order valence-corrected chi connectivity index (χ4v) is 3.42. The van der Waals surface area contributed by atoms with Crippen LogP contribution in [-0.4, -0.2) is 59.6 Å². The number of amides is 2. The van der Waals surface area contributed by atoms with Crippen LogP contribution in [0.2, 0.25) is 0 Å². The van der Waals surface area contributed by atoms with Crippen molar-refractivity contribution in [3.63, 3.8) is 0 Å². The van der Waals surface area contributed by atoms with Crippen molar-refractivity contribution in [2.45, 2.75) is 39.7 Å². The summed E-state index contributed by atoms with van der Waals surface area (Å²) < 4.78 is 7.14. The summed E-state index contributed by atoms with van der Waals surface area (Å²) in [5.41, 5.74) is 0.885. The lowest BCUT2D eigenvalue weighted by atomic mass is 9.92. The Morgan fingerprint density at radius 3 is 2.54 bits per heavy atom. The highest BCUT2D eigenvalue weighted by molar-refractivity contribution is 5.88. The van der Waals surface area contributed by atoms with E-state index in [-0.39, 0.29) is 6.03 Å². The summed E-state index contributed by atoms with van der Waals surface area (Å²) >= 11 is 0. The van der Waals surface area contributed by atoms with E-state index in [9.17, 15) is 4.79 Å². The van der Waals surface area contributed by atoms with Crippen molar-refractivity contribution in [2.75, 3.05) is 38.2 Å². The molecule has 1 saturated heterocycles. The Labute approximate surface area is 144 Å². The molecule has 2 heterocycles. The molecule has 136 valence electrons. The van der Waals surface area contributed by atoms with Crippen molar-refractivity contribution in [3.05, 3.63) is 11.8 Å². The minimum absolute atomic E-state index is 0.179. The molecule has 0 bridgehead atoms. The number of hydrogen-bond acceptors (Lipinski definition) is 4. The second kappa shape index (κ2) is 9.03. The van der Waals surface area contributed by atoms with Gasteiger partial charge in [0.15, 0.2) is 0 Å². The number of nitrogens with zero attached hydrogens (tertiary/aromatic N) is 3. The van der Waals surface area contributed by atoms with Crippen molar-refractivity contribution in [2.24, 2.45) is 13.0 Å². The number of hydrogen-bond donors (Lipinski definition) is 2. The zero-order valence-electron chi connectivity index (χ0n) is 15.3. The highest BCUT2D eigenvalue weighted by Gasteiger charge is 2.27. The molecule has 0 radical (unpaired) electrons. The fourth-order valence-electron chi connectivity index (χ4n) is 3.42. The topological polar surface area (TPSA) is 71.4 Å². The smallest absolute Gasteiger partial charge is 0.320 e. The zero-order chi connectivity index (χ0) is 17.5. The Morgan fingerprint density at radius 1 is 1.33 bits per heavy atom. The largest absolute Gasteiger partial charge is 0.379 e. The lowest BCUT2D eigenvalue weighted by molar-refractivity contribution is 0.00247. The summed E-state index contributed by atoms with van der Waals surface area (Å²) in [7, 11) is 1.82. The van der Waals surface area contributed by atoms with Crippen LogP contribution in [-0.2, 0) is 11.8 Å². The molecule has 0 spiro atoms. The fraction of sp³-hybridized carbons (Fsp3) is 0.765. The number of carbonyl (C=O) groups excluding carboxylic acids is 1. The van der Waals surface area contributed by atoms with Crippen LogP contribution >= 0.6 is 0 Å². The van der Waals surface area contributed by atoms with Gasteiger partial charge in [0.05, 0.1) is 18.9 Å². The molecule has 1 atom stereocenters. The minimum atomic E-state index is -0.179. The van der Waals surface area contributed by atoms with Gasteiger partial charge in [-0.15, -0.1) is 0 Å². The van der Waals surface area contributed by atoms with Gasteiger partial charge in [-0.05, 0) is 12.8 Å². The van der Waals surface area contributed by atoms with Gasteiger partial charge in [-0.3, -0.25) is 14.9 Å². The molecule has 1 aliphatic heterocycles. The van der Waals surface area contributed by atoms with Crippen LogP contribution in [0.15, 0.2) is 6.07 Å². The molecule has 24 heavy (non-hydrogen) atoms. The van der Waals surface area contributed by atoms with Crippen LogP contribution in [0.25, 0.3) is 0 Å². The van der Waals surface area contributed by atoms with E-state index in [1.54, 1.807) is 4.68 Å². The van der Waals surface area contributed by atoms with Crippen LogP contribution < -0.4 is 10.6 Å². The zero-order valence-corrected chi connectivity index (χ0v) is 15.3. The van der Waals surface area contributed by atoms with Crippen LogP contribution in [0.1, 0.15) is 32.4 Å².